The number of rotatable bonds is 3. The number of carboxylic acid groups (broad SMARTS) is 1. The van der Waals surface area contributed by atoms with Crippen molar-refractivity contribution in [3.05, 3.63) is 33.3 Å². The van der Waals surface area contributed by atoms with Crippen LogP contribution in [0.1, 0.15) is 18.9 Å². The Bertz CT molecular complexity index is 981. The van der Waals surface area contributed by atoms with Gasteiger partial charge < -0.3 is 24.2 Å². The molecule has 144 valence electrons. The number of pyridine rings is 1. The molecule has 9 heteroatoms. The second kappa shape index (κ2) is 6.69. The van der Waals surface area contributed by atoms with Crippen LogP contribution < -0.4 is 15.1 Å². The summed E-state index contributed by atoms with van der Waals surface area (Å²) in [5.41, 5.74) is 0.0326. The SMILES string of the molecule is CN1CCN(c2c(F)cc3c(=O)c(OC(=O)O)cn(C4CC4)c3c2Cl)CC1. The molecular formula is C18H19ClFN3O4. The predicted molar refractivity (Wildman–Crippen MR) is 99.8 cm³/mol. The molecule has 4 rings (SSSR count). The standard InChI is InChI=1S/C18H19ClFN3O4/c1-21-4-6-22(7-5-21)16-12(20)8-11-15(14(16)19)23(10-2-3-10)9-13(17(11)24)27-18(25)26/h8-10H,2-7H2,1H3,(H,25,26). The molecule has 1 saturated heterocycles. The monoisotopic (exact) mass is 395 g/mol. The first-order valence-corrected chi connectivity index (χ1v) is 9.15. The van der Waals surface area contributed by atoms with Crippen molar-refractivity contribution >= 4 is 34.3 Å². The smallest absolute Gasteiger partial charge is 0.449 e. The Morgan fingerprint density at radius 3 is 2.56 bits per heavy atom. The first-order chi connectivity index (χ1) is 12.9. The number of ether oxygens (including phenoxy) is 1. The highest BCUT2D eigenvalue weighted by atomic mass is 35.5. The van der Waals surface area contributed by atoms with Gasteiger partial charge in [0.1, 0.15) is 5.82 Å². The average Bonchev–Trinajstić information content (AvgIpc) is 3.44. The molecule has 1 aliphatic carbocycles. The molecule has 2 aliphatic rings. The lowest BCUT2D eigenvalue weighted by atomic mass is 10.1. The van der Waals surface area contributed by atoms with E-state index in [-0.39, 0.29) is 27.9 Å². The van der Waals surface area contributed by atoms with E-state index in [0.717, 1.165) is 32.0 Å². The van der Waals surface area contributed by atoms with Gasteiger partial charge in [-0.15, -0.1) is 0 Å². The normalized spacial score (nSPS) is 18.1. The molecule has 0 spiro atoms. The fourth-order valence-electron chi connectivity index (χ4n) is 3.53. The van der Waals surface area contributed by atoms with Gasteiger partial charge >= 0.3 is 6.16 Å². The Balaban J connectivity index is 1.92. The summed E-state index contributed by atoms with van der Waals surface area (Å²) in [7, 11) is 2.00. The van der Waals surface area contributed by atoms with Crippen LogP contribution >= 0.6 is 11.6 Å². The second-order valence-electron chi connectivity index (χ2n) is 7.04. The van der Waals surface area contributed by atoms with E-state index in [2.05, 4.69) is 9.64 Å². The number of nitrogens with zero attached hydrogens (tertiary/aromatic N) is 3. The summed E-state index contributed by atoms with van der Waals surface area (Å²) < 4.78 is 21.3. The lowest BCUT2D eigenvalue weighted by molar-refractivity contribution is 0.143. The highest BCUT2D eigenvalue weighted by Crippen LogP contribution is 2.42. The molecule has 0 radical (unpaired) electrons. The molecule has 0 amide bonds. The lowest BCUT2D eigenvalue weighted by Gasteiger charge is -2.35. The van der Waals surface area contributed by atoms with Crippen LogP contribution in [0.25, 0.3) is 10.9 Å². The molecule has 0 bridgehead atoms. The molecule has 1 saturated carbocycles. The Hall–Kier alpha value is -2.32. The van der Waals surface area contributed by atoms with E-state index >= 15 is 0 Å². The van der Waals surface area contributed by atoms with E-state index in [0.29, 0.717) is 18.6 Å². The van der Waals surface area contributed by atoms with Crippen molar-refractivity contribution in [3.63, 3.8) is 0 Å². The zero-order valence-corrected chi connectivity index (χ0v) is 15.5. The van der Waals surface area contributed by atoms with Crippen LogP contribution in [-0.4, -0.2) is 54.0 Å². The van der Waals surface area contributed by atoms with Crippen LogP contribution in [0, 0.1) is 5.82 Å². The number of hydrogen-bond donors (Lipinski definition) is 1. The number of fused-ring (bicyclic) bond motifs is 1. The number of benzene rings is 1. The zero-order chi connectivity index (χ0) is 19.3. The van der Waals surface area contributed by atoms with Gasteiger partial charge in [0.15, 0.2) is 5.75 Å². The van der Waals surface area contributed by atoms with E-state index in [1.54, 1.807) is 4.57 Å². The maximum absolute atomic E-state index is 14.9. The quantitative estimate of drug-likeness (QED) is 0.805. The molecule has 0 unspecified atom stereocenters. The zero-order valence-electron chi connectivity index (χ0n) is 14.7. The van der Waals surface area contributed by atoms with Crippen LogP contribution in [0.2, 0.25) is 5.02 Å². The highest BCUT2D eigenvalue weighted by Gasteiger charge is 2.30. The molecule has 2 aromatic rings. The first kappa shape index (κ1) is 18.1. The van der Waals surface area contributed by atoms with Crippen LogP contribution in [-0.2, 0) is 0 Å². The summed E-state index contributed by atoms with van der Waals surface area (Å²) in [4.78, 5) is 27.6. The molecule has 2 heterocycles. The predicted octanol–water partition coefficient (Wildman–Crippen LogP) is 2.94. The maximum Gasteiger partial charge on any atom is 0.511 e. The lowest BCUT2D eigenvalue weighted by Crippen LogP contribution is -2.45. The van der Waals surface area contributed by atoms with Gasteiger partial charge in [-0.05, 0) is 26.0 Å². The molecule has 1 aromatic carbocycles. The van der Waals surface area contributed by atoms with Crippen LogP contribution in [0.5, 0.6) is 5.75 Å². The van der Waals surface area contributed by atoms with Crippen molar-refractivity contribution in [1.29, 1.82) is 0 Å². The maximum atomic E-state index is 14.9. The highest BCUT2D eigenvalue weighted by molar-refractivity contribution is 6.38. The van der Waals surface area contributed by atoms with Crippen LogP contribution in [0.4, 0.5) is 14.9 Å². The summed E-state index contributed by atoms with van der Waals surface area (Å²) in [5.74, 6) is -0.936. The number of aromatic nitrogens is 1. The number of carbonyl (C=O) groups is 1. The largest absolute Gasteiger partial charge is 0.511 e. The van der Waals surface area contributed by atoms with Gasteiger partial charge in [0.2, 0.25) is 5.43 Å². The van der Waals surface area contributed by atoms with Gasteiger partial charge in [-0.2, -0.15) is 0 Å². The number of hydrogen-bond acceptors (Lipinski definition) is 5. The fraction of sp³-hybridized carbons (Fsp3) is 0.444. The summed E-state index contributed by atoms with van der Waals surface area (Å²) in [6.45, 7) is 2.84. The average molecular weight is 396 g/mol. The molecule has 0 atom stereocenters. The van der Waals surface area contributed by atoms with E-state index in [1.165, 1.54) is 6.20 Å². The van der Waals surface area contributed by atoms with Gasteiger partial charge in [0.05, 0.1) is 27.8 Å². The van der Waals surface area contributed by atoms with Gasteiger partial charge in [-0.25, -0.2) is 9.18 Å². The van der Waals surface area contributed by atoms with Crippen molar-refractivity contribution in [2.45, 2.75) is 18.9 Å². The number of likely N-dealkylation sites (N-methyl/N-ethyl adjacent to an activating group) is 1. The summed E-state index contributed by atoms with van der Waals surface area (Å²) >= 11 is 6.61. The van der Waals surface area contributed by atoms with Crippen LogP contribution in [0.15, 0.2) is 17.1 Å². The minimum Gasteiger partial charge on any atom is -0.449 e. The molecule has 1 aliphatic heterocycles. The van der Waals surface area contributed by atoms with E-state index < -0.39 is 17.4 Å². The number of halogens is 2. The summed E-state index contributed by atoms with van der Waals surface area (Å²) in [5, 5.41) is 9.08. The van der Waals surface area contributed by atoms with Gasteiger partial charge in [-0.1, -0.05) is 11.6 Å². The molecule has 27 heavy (non-hydrogen) atoms. The van der Waals surface area contributed by atoms with Crippen LogP contribution in [0.3, 0.4) is 0 Å². The van der Waals surface area contributed by atoms with Gasteiger partial charge in [0, 0.05) is 32.2 Å². The third kappa shape index (κ3) is 3.23. The van der Waals surface area contributed by atoms with Crippen molar-refractivity contribution in [1.82, 2.24) is 9.47 Å². The van der Waals surface area contributed by atoms with Crippen molar-refractivity contribution < 1.29 is 19.0 Å². The number of piperazine rings is 1. The van der Waals surface area contributed by atoms with Gasteiger partial charge in [-0.3, -0.25) is 4.79 Å². The minimum absolute atomic E-state index is 0.0287. The number of anilines is 1. The first-order valence-electron chi connectivity index (χ1n) is 8.78. The molecular weight excluding hydrogens is 377 g/mol. The Morgan fingerprint density at radius 1 is 1.30 bits per heavy atom. The third-order valence-corrected chi connectivity index (χ3v) is 5.47. The Morgan fingerprint density at radius 2 is 1.96 bits per heavy atom. The van der Waals surface area contributed by atoms with Crippen molar-refractivity contribution in [3.8, 4) is 5.75 Å². The van der Waals surface area contributed by atoms with Gasteiger partial charge in [0.25, 0.3) is 0 Å². The van der Waals surface area contributed by atoms with E-state index in [9.17, 15) is 14.0 Å². The second-order valence-corrected chi connectivity index (χ2v) is 7.41. The minimum atomic E-state index is -1.59. The summed E-state index contributed by atoms with van der Waals surface area (Å²) in [6.07, 6.45) is 1.53. The van der Waals surface area contributed by atoms with Crippen molar-refractivity contribution in [2.24, 2.45) is 0 Å². The topological polar surface area (TPSA) is 75.0 Å². The molecule has 2 fully saturated rings. The summed E-state index contributed by atoms with van der Waals surface area (Å²) in [6, 6.07) is 1.23. The van der Waals surface area contributed by atoms with Crippen molar-refractivity contribution in [2.75, 3.05) is 38.1 Å². The fourth-order valence-corrected chi connectivity index (χ4v) is 3.94. The van der Waals surface area contributed by atoms with E-state index in [1.807, 2.05) is 11.9 Å². The molecule has 1 N–H and O–H groups in total. The third-order valence-electron chi connectivity index (χ3n) is 5.11. The Labute approximate surface area is 159 Å². The molecule has 1 aromatic heterocycles. The van der Waals surface area contributed by atoms with E-state index in [4.69, 9.17) is 16.7 Å². The molecule has 7 nitrogen and oxygen atoms in total. The Kier molecular flexibility index (Phi) is 4.47.